The number of carbonyl (C=O) groups excluding carboxylic acids is 4. The third-order valence-electron chi connectivity index (χ3n) is 6.80. The zero-order chi connectivity index (χ0) is 32.1. The van der Waals surface area contributed by atoms with Crippen LogP contribution in [0.2, 0.25) is 0 Å². The molecule has 0 aliphatic rings. The summed E-state index contributed by atoms with van der Waals surface area (Å²) in [6.07, 6.45) is 7.98. The summed E-state index contributed by atoms with van der Waals surface area (Å²) in [4.78, 5) is 64.9. The van der Waals surface area contributed by atoms with E-state index in [0.29, 0.717) is 81.2 Å². The number of oxazole rings is 1. The van der Waals surface area contributed by atoms with Gasteiger partial charge in [0.25, 0.3) is 0 Å². The number of aryl methyl sites for hydroxylation is 2. The Morgan fingerprint density at radius 3 is 2.62 bits per heavy atom. The van der Waals surface area contributed by atoms with Crippen molar-refractivity contribution in [3.63, 3.8) is 0 Å². The molecule has 0 aliphatic carbocycles. The number of hydrogen-bond acceptors (Lipinski definition) is 11. The van der Waals surface area contributed by atoms with Crippen LogP contribution in [0.15, 0.2) is 46.0 Å². The van der Waals surface area contributed by atoms with Crippen LogP contribution < -0.4 is 21.0 Å². The number of rotatable bonds is 13. The first-order valence-corrected chi connectivity index (χ1v) is 14.9. The predicted octanol–water partition coefficient (Wildman–Crippen LogP) is 3.16. The molecule has 15 heteroatoms. The maximum Gasteiger partial charge on any atom is 0.317 e. The van der Waals surface area contributed by atoms with Crippen molar-refractivity contribution in [2.45, 2.75) is 46.2 Å². The van der Waals surface area contributed by atoms with Gasteiger partial charge in [-0.05, 0) is 31.0 Å². The number of thiazole rings is 1. The zero-order valence-electron chi connectivity index (χ0n) is 24.6. The van der Waals surface area contributed by atoms with Gasteiger partial charge in [0, 0.05) is 38.2 Å². The van der Waals surface area contributed by atoms with Crippen LogP contribution in [0.25, 0.3) is 21.4 Å². The number of pyridine rings is 1. The van der Waals surface area contributed by atoms with E-state index in [0.717, 1.165) is 6.29 Å². The molecule has 0 unspecified atom stereocenters. The van der Waals surface area contributed by atoms with Crippen LogP contribution in [-0.2, 0) is 24.3 Å². The van der Waals surface area contributed by atoms with E-state index in [4.69, 9.17) is 20.6 Å². The van der Waals surface area contributed by atoms with Gasteiger partial charge in [0.15, 0.2) is 16.3 Å². The average Bonchev–Trinajstić information content (AvgIpc) is 3.68. The number of nitrogens with zero attached hydrogens (tertiary/aromatic N) is 6. The number of nitrogens with two attached hydrogens (primary N) is 2. The van der Waals surface area contributed by atoms with Crippen LogP contribution in [0.1, 0.15) is 62.6 Å². The van der Waals surface area contributed by atoms with Crippen molar-refractivity contribution >= 4 is 63.1 Å². The van der Waals surface area contributed by atoms with Crippen molar-refractivity contribution in [2.75, 3.05) is 12.3 Å². The van der Waals surface area contributed by atoms with E-state index in [1.54, 1.807) is 34.3 Å². The number of anilines is 1. The second-order valence-electron chi connectivity index (χ2n) is 9.90. The van der Waals surface area contributed by atoms with Crippen LogP contribution in [0.3, 0.4) is 0 Å². The van der Waals surface area contributed by atoms with Gasteiger partial charge in [-0.15, -0.1) is 0 Å². The Balaban J connectivity index is 1.48. The van der Waals surface area contributed by atoms with E-state index < -0.39 is 11.8 Å². The number of imidazole rings is 1. The predicted molar refractivity (Wildman–Crippen MR) is 166 cm³/mol. The number of allylic oxidation sites excluding steroid dienone is 2. The Bertz CT molecular complexity index is 2030. The summed E-state index contributed by atoms with van der Waals surface area (Å²) in [5.74, 6) is -0.112. The van der Waals surface area contributed by atoms with Crippen molar-refractivity contribution in [3.05, 3.63) is 69.8 Å². The average molecular weight is 631 g/mol. The Morgan fingerprint density at radius 1 is 1.13 bits per heavy atom. The number of ether oxygens (including phenoxy) is 1. The van der Waals surface area contributed by atoms with Crippen LogP contribution in [0.4, 0.5) is 5.95 Å². The minimum atomic E-state index is -0.624. The fourth-order valence-corrected chi connectivity index (χ4v) is 5.73. The number of unbranched alkanes of at least 4 members (excludes halogenated alkanes) is 1. The fourth-order valence-electron chi connectivity index (χ4n) is 4.70. The highest BCUT2D eigenvalue weighted by atomic mass is 32.1. The molecule has 2 amide bonds. The van der Waals surface area contributed by atoms with Gasteiger partial charge < -0.3 is 30.0 Å². The normalized spacial score (nSPS) is 12.0. The fraction of sp³-hybridized carbons (Fsp3) is 0.267. The highest BCUT2D eigenvalue weighted by molar-refractivity contribution is 7.16. The number of aldehydes is 2. The topological polar surface area (TPSA) is 204 Å². The lowest BCUT2D eigenvalue weighted by atomic mass is 10.2. The summed E-state index contributed by atoms with van der Waals surface area (Å²) in [5, 5.41) is 0. The van der Waals surface area contributed by atoms with Gasteiger partial charge in [0.1, 0.15) is 23.8 Å². The molecule has 0 saturated heterocycles. The second-order valence-corrected chi connectivity index (χ2v) is 10.9. The third-order valence-corrected chi connectivity index (χ3v) is 7.81. The van der Waals surface area contributed by atoms with Crippen LogP contribution >= 0.6 is 11.3 Å². The smallest absolute Gasteiger partial charge is 0.317 e. The molecule has 4 N–H and O–H groups in total. The monoisotopic (exact) mass is 630 g/mol. The summed E-state index contributed by atoms with van der Waals surface area (Å²) in [6.45, 7) is 4.38. The molecule has 4 aromatic heterocycles. The van der Waals surface area contributed by atoms with Crippen molar-refractivity contribution in [1.29, 1.82) is 0 Å². The van der Waals surface area contributed by atoms with Gasteiger partial charge in [-0.2, -0.15) is 4.99 Å². The summed E-state index contributed by atoms with van der Waals surface area (Å²) in [6, 6.07) is 4.85. The Morgan fingerprint density at radius 2 is 1.91 bits per heavy atom. The molecule has 5 aromatic rings. The molecular formula is C30H30N8O6S. The van der Waals surface area contributed by atoms with Crippen molar-refractivity contribution in [2.24, 2.45) is 10.7 Å². The highest BCUT2D eigenvalue weighted by Gasteiger charge is 2.19. The van der Waals surface area contributed by atoms with Gasteiger partial charge >= 0.3 is 5.91 Å². The summed E-state index contributed by atoms with van der Waals surface area (Å²) in [5.41, 5.74) is 14.4. The van der Waals surface area contributed by atoms with Gasteiger partial charge in [-0.3, -0.25) is 19.0 Å². The Hall–Kier alpha value is -5.44. The lowest BCUT2D eigenvalue weighted by Crippen LogP contribution is -2.17. The molecule has 0 radical (unpaired) electrons. The molecule has 0 fully saturated rings. The molecular weight excluding hydrogens is 600 g/mol. The van der Waals surface area contributed by atoms with Crippen molar-refractivity contribution in [3.8, 4) is 5.75 Å². The number of nitrogen functional groups attached to an aromatic ring is 1. The third kappa shape index (κ3) is 6.57. The number of fused-ring (bicyclic) bond motifs is 2. The zero-order valence-corrected chi connectivity index (χ0v) is 25.4. The van der Waals surface area contributed by atoms with E-state index in [1.807, 2.05) is 19.1 Å². The number of hydrogen-bond donors (Lipinski definition) is 2. The quantitative estimate of drug-likeness (QED) is 0.110. The molecule has 14 nitrogen and oxygen atoms in total. The summed E-state index contributed by atoms with van der Waals surface area (Å²) < 4.78 is 15.5. The van der Waals surface area contributed by atoms with Crippen molar-refractivity contribution < 1.29 is 28.3 Å². The SMILES string of the molecule is CCc1nc(C)oc1C(=O)N=c1sc2cc(C(N)=O)cnc2n1C/C=C/Cn1c(N)nc2cc(C=O)cc(OCCCC=O)c21. The van der Waals surface area contributed by atoms with Crippen LogP contribution in [0.5, 0.6) is 5.75 Å². The maximum absolute atomic E-state index is 13.2. The molecule has 0 bridgehead atoms. The standard InChI is InChI=1S/C30H30N8O6S/c1-3-20-25(44-17(2)34-20)28(42)36-30-38(27-23(45-30)14-19(15-33-27)26(31)41)9-5-4-8-37-24-21(35-29(37)32)12-18(16-40)13-22(24)43-11-7-6-10-39/h4-5,10,12-16H,3,6-9,11H2,1-2H3,(H2,31,41)(H2,32,35)/b5-4+,36-30?. The summed E-state index contributed by atoms with van der Waals surface area (Å²) >= 11 is 1.18. The van der Waals surface area contributed by atoms with Crippen LogP contribution in [0, 0.1) is 6.92 Å². The molecule has 5 rings (SSSR count). The molecule has 232 valence electrons. The first kappa shape index (κ1) is 31.0. The van der Waals surface area contributed by atoms with Crippen LogP contribution in [-0.4, -0.2) is 55.1 Å². The Labute approximate surface area is 260 Å². The minimum absolute atomic E-state index is 0.0738. The minimum Gasteiger partial charge on any atom is -0.491 e. The van der Waals surface area contributed by atoms with Gasteiger partial charge in [-0.25, -0.2) is 15.0 Å². The molecule has 0 aliphatic heterocycles. The first-order chi connectivity index (χ1) is 21.7. The highest BCUT2D eigenvalue weighted by Crippen LogP contribution is 2.30. The maximum atomic E-state index is 13.2. The van der Waals surface area contributed by atoms with Crippen molar-refractivity contribution in [1.82, 2.24) is 24.1 Å². The molecule has 1 aromatic carbocycles. The van der Waals surface area contributed by atoms with E-state index in [1.165, 1.54) is 17.5 Å². The van der Waals surface area contributed by atoms with Gasteiger partial charge in [0.2, 0.25) is 17.6 Å². The largest absolute Gasteiger partial charge is 0.491 e. The number of aromatic nitrogens is 5. The molecule has 0 saturated carbocycles. The van der Waals surface area contributed by atoms with Gasteiger partial charge in [-0.1, -0.05) is 30.4 Å². The number of benzene rings is 1. The first-order valence-electron chi connectivity index (χ1n) is 14.0. The molecule has 0 atom stereocenters. The number of primary amides is 1. The lowest BCUT2D eigenvalue weighted by Gasteiger charge is -2.10. The van der Waals surface area contributed by atoms with E-state index in [-0.39, 0.29) is 30.4 Å². The second kappa shape index (κ2) is 13.5. The van der Waals surface area contributed by atoms with E-state index in [9.17, 15) is 19.2 Å². The molecule has 4 heterocycles. The summed E-state index contributed by atoms with van der Waals surface area (Å²) in [7, 11) is 0. The molecule has 45 heavy (non-hydrogen) atoms. The number of amides is 2. The lowest BCUT2D eigenvalue weighted by molar-refractivity contribution is -0.108. The number of carbonyl (C=O) groups is 4. The van der Waals surface area contributed by atoms with Gasteiger partial charge in [0.05, 0.1) is 28.1 Å². The Kier molecular flexibility index (Phi) is 9.28. The van der Waals surface area contributed by atoms with E-state index >= 15 is 0 Å². The molecule has 0 spiro atoms. The van der Waals surface area contributed by atoms with E-state index in [2.05, 4.69) is 19.9 Å².